The molecule has 6 heteroatoms. The number of rotatable bonds is 3. The van der Waals surface area contributed by atoms with Gasteiger partial charge in [0.2, 0.25) is 0 Å². The van der Waals surface area contributed by atoms with E-state index in [9.17, 15) is 10.1 Å². The fourth-order valence-electron chi connectivity index (χ4n) is 4.68. The number of benzene rings is 1. The highest BCUT2D eigenvalue weighted by atomic mass is 32.2. The number of nitrogens with zero attached hydrogens (tertiary/aromatic N) is 2. The van der Waals surface area contributed by atoms with Gasteiger partial charge in [-0.05, 0) is 55.7 Å². The topological polar surface area (TPSA) is 70.1 Å². The van der Waals surface area contributed by atoms with Gasteiger partial charge in [-0.1, -0.05) is 31.5 Å². The largest absolute Gasteiger partial charge is 0.384 e. The fraction of sp³-hybridized carbons (Fsp3) is 0.360. The van der Waals surface area contributed by atoms with Gasteiger partial charge in [0.1, 0.15) is 5.82 Å². The predicted octanol–water partition coefficient (Wildman–Crippen LogP) is 6.03. The van der Waals surface area contributed by atoms with Crippen molar-refractivity contribution < 1.29 is 4.79 Å². The monoisotopic (exact) mass is 449 g/mol. The van der Waals surface area contributed by atoms with Gasteiger partial charge >= 0.3 is 0 Å². The van der Waals surface area contributed by atoms with E-state index in [-0.39, 0.29) is 11.2 Å². The summed E-state index contributed by atoms with van der Waals surface area (Å²) in [5.74, 6) is 0.138. The maximum atomic E-state index is 13.6. The molecule has 1 aromatic carbocycles. The Morgan fingerprint density at radius 2 is 1.90 bits per heavy atom. The molecule has 160 valence electrons. The van der Waals surface area contributed by atoms with Crippen LogP contribution < -0.4 is 10.6 Å². The molecule has 1 atom stereocenters. The third-order valence-electron chi connectivity index (χ3n) is 6.02. The van der Waals surface area contributed by atoms with Gasteiger partial charge < -0.3 is 5.73 Å². The molecule has 4 rings (SSSR count). The van der Waals surface area contributed by atoms with E-state index in [2.05, 4.69) is 32.9 Å². The summed E-state index contributed by atoms with van der Waals surface area (Å²) in [6.45, 7) is 8.35. The zero-order valence-electron chi connectivity index (χ0n) is 18.6. The molecule has 0 saturated heterocycles. The Morgan fingerprint density at radius 1 is 1.23 bits per heavy atom. The summed E-state index contributed by atoms with van der Waals surface area (Å²) in [6, 6.07) is 12.6. The van der Waals surface area contributed by atoms with Gasteiger partial charge in [0.15, 0.2) is 5.78 Å². The Hall–Kier alpha value is -2.49. The van der Waals surface area contributed by atoms with Crippen LogP contribution in [0.15, 0.2) is 57.2 Å². The van der Waals surface area contributed by atoms with Crippen LogP contribution in [0.3, 0.4) is 0 Å². The molecule has 0 radical (unpaired) electrons. The minimum atomic E-state index is -0.405. The van der Waals surface area contributed by atoms with Gasteiger partial charge in [0.25, 0.3) is 0 Å². The van der Waals surface area contributed by atoms with E-state index < -0.39 is 5.92 Å². The van der Waals surface area contributed by atoms with E-state index in [4.69, 9.17) is 5.73 Å². The third-order valence-corrected chi connectivity index (χ3v) is 8.24. The Kier molecular flexibility index (Phi) is 5.53. The normalized spacial score (nSPS) is 20.7. The zero-order valence-corrected chi connectivity index (χ0v) is 20.2. The quantitative estimate of drug-likeness (QED) is 0.580. The second-order valence-electron chi connectivity index (χ2n) is 9.12. The van der Waals surface area contributed by atoms with Crippen LogP contribution >= 0.6 is 23.1 Å². The Morgan fingerprint density at radius 3 is 2.52 bits per heavy atom. The van der Waals surface area contributed by atoms with Crippen LogP contribution in [0.1, 0.15) is 48.6 Å². The minimum absolute atomic E-state index is 0.115. The molecule has 1 aromatic heterocycles. The highest BCUT2D eigenvalue weighted by molar-refractivity contribution is 8.00. The number of carbonyl (C=O) groups is 1. The van der Waals surface area contributed by atoms with E-state index >= 15 is 0 Å². The van der Waals surface area contributed by atoms with E-state index in [0.29, 0.717) is 17.8 Å². The Balaban J connectivity index is 2.01. The average Bonchev–Trinajstić information content (AvgIpc) is 3.07. The number of allylic oxidation sites excluding steroid dienone is 3. The molecule has 4 nitrogen and oxygen atoms in total. The number of carbonyl (C=O) groups excluding carboxylic acids is 1. The van der Waals surface area contributed by atoms with Gasteiger partial charge in [0.05, 0.1) is 21.8 Å². The van der Waals surface area contributed by atoms with Crippen LogP contribution in [0.4, 0.5) is 5.69 Å². The summed E-state index contributed by atoms with van der Waals surface area (Å²) in [5, 5.41) is 10.2. The number of ketones is 1. The second kappa shape index (κ2) is 7.89. The van der Waals surface area contributed by atoms with Crippen LogP contribution in [0.25, 0.3) is 0 Å². The first-order chi connectivity index (χ1) is 14.7. The molecule has 0 saturated carbocycles. The molecule has 2 N–H and O–H groups in total. The van der Waals surface area contributed by atoms with Crippen molar-refractivity contribution in [3.8, 4) is 6.07 Å². The van der Waals surface area contributed by atoms with Crippen LogP contribution in [0.2, 0.25) is 0 Å². The van der Waals surface area contributed by atoms with Crippen molar-refractivity contribution in [3.63, 3.8) is 0 Å². The Bertz CT molecular complexity index is 1160. The van der Waals surface area contributed by atoms with Gasteiger partial charge in [0, 0.05) is 28.3 Å². The number of aryl methyl sites for hydroxylation is 2. The summed E-state index contributed by atoms with van der Waals surface area (Å²) in [5.41, 5.74) is 11.7. The molecule has 0 fully saturated rings. The van der Waals surface area contributed by atoms with E-state index in [1.165, 1.54) is 4.88 Å². The number of thioether (sulfide) groups is 1. The van der Waals surface area contributed by atoms with Gasteiger partial charge in [-0.15, -0.1) is 23.1 Å². The van der Waals surface area contributed by atoms with Crippen LogP contribution in [-0.2, 0) is 4.79 Å². The standard InChI is InChI=1S/C25H27N3OS2/c1-14-6-8-16(9-7-14)28-19-11-25(3,4)12-20(29)22(19)21(18(13-26)23(28)27)17-10-15(2)31-24(17)30-5/h6-10,21H,11-12,27H2,1-5H3/t21-/m1/s1. The van der Waals surface area contributed by atoms with Crippen molar-refractivity contribution in [1.82, 2.24) is 0 Å². The molecule has 1 aliphatic heterocycles. The Labute approximate surface area is 192 Å². The molecule has 31 heavy (non-hydrogen) atoms. The molecule has 2 aliphatic rings. The third kappa shape index (κ3) is 3.71. The van der Waals surface area contributed by atoms with E-state index in [1.54, 1.807) is 23.1 Å². The highest BCUT2D eigenvalue weighted by Gasteiger charge is 2.45. The lowest BCUT2D eigenvalue weighted by molar-refractivity contribution is -0.118. The minimum Gasteiger partial charge on any atom is -0.384 e. The maximum Gasteiger partial charge on any atom is 0.162 e. The van der Waals surface area contributed by atoms with Gasteiger partial charge in [-0.25, -0.2) is 0 Å². The first-order valence-electron chi connectivity index (χ1n) is 10.3. The average molecular weight is 450 g/mol. The second-order valence-corrected chi connectivity index (χ2v) is 11.5. The summed E-state index contributed by atoms with van der Waals surface area (Å²) in [6.07, 6.45) is 3.24. The van der Waals surface area contributed by atoms with Crippen molar-refractivity contribution in [1.29, 1.82) is 5.26 Å². The van der Waals surface area contributed by atoms with Crippen LogP contribution in [0, 0.1) is 30.6 Å². The van der Waals surface area contributed by atoms with Crippen molar-refractivity contribution >= 4 is 34.6 Å². The first-order valence-corrected chi connectivity index (χ1v) is 12.4. The first kappa shape index (κ1) is 21.7. The molecular weight excluding hydrogens is 422 g/mol. The number of hydrogen-bond donors (Lipinski definition) is 1. The maximum absolute atomic E-state index is 13.6. The zero-order chi connectivity index (χ0) is 22.5. The summed E-state index contributed by atoms with van der Waals surface area (Å²) < 4.78 is 1.14. The molecule has 1 aliphatic carbocycles. The van der Waals surface area contributed by atoms with Crippen LogP contribution in [0.5, 0.6) is 0 Å². The lowest BCUT2D eigenvalue weighted by atomic mass is 9.69. The molecule has 0 amide bonds. The van der Waals surface area contributed by atoms with Gasteiger partial charge in [-0.3, -0.25) is 9.69 Å². The summed E-state index contributed by atoms with van der Waals surface area (Å²) in [4.78, 5) is 16.7. The SMILES string of the molecule is CSc1sc(C)cc1[C@@H]1C(C#N)=C(N)N(c2ccc(C)cc2)C2=C1C(=O)CC(C)(C)C2. The number of nitriles is 1. The molecule has 0 spiro atoms. The van der Waals surface area contributed by atoms with Crippen molar-refractivity contribution in [2.45, 2.75) is 50.7 Å². The lowest BCUT2D eigenvalue weighted by Crippen LogP contribution is -2.42. The van der Waals surface area contributed by atoms with Crippen LogP contribution in [-0.4, -0.2) is 12.0 Å². The number of hydrogen-bond acceptors (Lipinski definition) is 6. The fourth-order valence-corrected chi connectivity index (χ4v) is 6.59. The number of anilines is 1. The summed E-state index contributed by atoms with van der Waals surface area (Å²) in [7, 11) is 0. The molecular formula is C25H27N3OS2. The smallest absolute Gasteiger partial charge is 0.162 e. The lowest BCUT2D eigenvalue weighted by Gasteiger charge is -2.43. The van der Waals surface area contributed by atoms with Gasteiger partial charge in [-0.2, -0.15) is 5.26 Å². The van der Waals surface area contributed by atoms with Crippen molar-refractivity contribution in [3.05, 3.63) is 69.0 Å². The summed E-state index contributed by atoms with van der Waals surface area (Å²) >= 11 is 3.36. The van der Waals surface area contributed by atoms with Crippen molar-refractivity contribution in [2.75, 3.05) is 11.2 Å². The number of thiophene rings is 1. The van der Waals surface area contributed by atoms with Crippen molar-refractivity contribution in [2.24, 2.45) is 11.1 Å². The molecule has 2 heterocycles. The highest BCUT2D eigenvalue weighted by Crippen LogP contribution is 2.52. The number of Topliss-reactive ketones (excluding diaryl/α,β-unsaturated/α-hetero) is 1. The predicted molar refractivity (Wildman–Crippen MR) is 129 cm³/mol. The molecule has 2 aromatic rings. The number of nitrogens with two attached hydrogens (primary N) is 1. The molecule has 0 unspecified atom stereocenters. The molecule has 0 bridgehead atoms. The van der Waals surface area contributed by atoms with E-state index in [0.717, 1.165) is 38.7 Å². The van der Waals surface area contributed by atoms with E-state index in [1.807, 2.05) is 42.3 Å².